The van der Waals surface area contributed by atoms with Crippen molar-refractivity contribution in [3.8, 4) is 0 Å². The number of carbonyl (C=O) groups excluding carboxylic acids is 1. The molecule has 1 nitrogen and oxygen atoms in total. The van der Waals surface area contributed by atoms with Gasteiger partial charge in [-0.15, -0.1) is 0 Å². The minimum Gasteiger partial charge on any atom is -0.298 e. The van der Waals surface area contributed by atoms with Gasteiger partial charge in [0.2, 0.25) is 0 Å². The molecular weight excluding hydrogens is 205 g/mol. The Kier molecular flexibility index (Phi) is 3.17. The number of hydrogen-bond donors (Lipinski definition) is 0. The fraction of sp³-hybridized carbons (Fsp3) is 0.364. The van der Waals surface area contributed by atoms with Crippen LogP contribution < -0.4 is 0 Å². The van der Waals surface area contributed by atoms with Gasteiger partial charge in [0.15, 0.2) is 6.29 Å². The third-order valence-electron chi connectivity index (χ3n) is 2.18. The van der Waals surface area contributed by atoms with E-state index in [0.29, 0.717) is 5.56 Å². The topological polar surface area (TPSA) is 17.1 Å². The lowest BCUT2D eigenvalue weighted by Crippen LogP contribution is -2.09. The summed E-state index contributed by atoms with van der Waals surface area (Å²) in [7, 11) is 0. The summed E-state index contributed by atoms with van der Waals surface area (Å²) in [6, 6.07) is 3.79. The van der Waals surface area contributed by atoms with Gasteiger partial charge in [-0.1, -0.05) is 26.0 Å². The van der Waals surface area contributed by atoms with Gasteiger partial charge in [0, 0.05) is 5.56 Å². The van der Waals surface area contributed by atoms with Crippen molar-refractivity contribution in [1.82, 2.24) is 0 Å². The summed E-state index contributed by atoms with van der Waals surface area (Å²) in [4.78, 5) is 10.5. The SMILES string of the molecule is CC(C)c1ccc(C=O)c(C(F)(F)F)c1. The molecule has 0 aromatic heterocycles. The van der Waals surface area contributed by atoms with Crippen LogP contribution in [0.1, 0.15) is 41.3 Å². The molecule has 1 aromatic carbocycles. The zero-order chi connectivity index (χ0) is 11.6. The van der Waals surface area contributed by atoms with Crippen molar-refractivity contribution in [1.29, 1.82) is 0 Å². The number of hydrogen-bond acceptors (Lipinski definition) is 1. The molecule has 0 radical (unpaired) electrons. The normalized spacial score (nSPS) is 11.9. The predicted octanol–water partition coefficient (Wildman–Crippen LogP) is 3.64. The second-order valence-electron chi connectivity index (χ2n) is 3.62. The molecular formula is C11H11F3O. The van der Waals surface area contributed by atoms with Crippen molar-refractivity contribution in [2.24, 2.45) is 0 Å². The Morgan fingerprint density at radius 3 is 2.27 bits per heavy atom. The second kappa shape index (κ2) is 4.04. The number of aldehydes is 1. The van der Waals surface area contributed by atoms with Crippen LogP contribution in [0.15, 0.2) is 18.2 Å². The van der Waals surface area contributed by atoms with Crippen LogP contribution in [0.4, 0.5) is 13.2 Å². The molecule has 15 heavy (non-hydrogen) atoms. The quantitative estimate of drug-likeness (QED) is 0.690. The standard InChI is InChI=1S/C11H11F3O/c1-7(2)8-3-4-9(6-15)10(5-8)11(12,13)14/h3-7H,1-2H3. The Bertz CT molecular complexity index is 367. The van der Waals surface area contributed by atoms with Crippen LogP contribution in [0.2, 0.25) is 0 Å². The summed E-state index contributed by atoms with van der Waals surface area (Å²) in [5.41, 5.74) is -0.594. The zero-order valence-electron chi connectivity index (χ0n) is 8.43. The maximum atomic E-state index is 12.5. The van der Waals surface area contributed by atoms with Crippen LogP contribution in [0.25, 0.3) is 0 Å². The van der Waals surface area contributed by atoms with Gasteiger partial charge in [0.1, 0.15) is 0 Å². The fourth-order valence-corrected chi connectivity index (χ4v) is 1.28. The zero-order valence-corrected chi connectivity index (χ0v) is 8.43. The van der Waals surface area contributed by atoms with E-state index in [9.17, 15) is 18.0 Å². The molecule has 0 heterocycles. The minimum absolute atomic E-state index is 0.00630. The molecule has 0 atom stereocenters. The van der Waals surface area contributed by atoms with E-state index in [4.69, 9.17) is 0 Å². The first-order valence-corrected chi connectivity index (χ1v) is 4.52. The van der Waals surface area contributed by atoms with Crippen molar-refractivity contribution in [3.05, 3.63) is 34.9 Å². The molecule has 0 spiro atoms. The fourth-order valence-electron chi connectivity index (χ4n) is 1.28. The molecule has 0 N–H and O–H groups in total. The highest BCUT2D eigenvalue weighted by molar-refractivity contribution is 5.77. The molecule has 0 aliphatic heterocycles. The molecule has 4 heteroatoms. The highest BCUT2D eigenvalue weighted by Gasteiger charge is 2.33. The minimum atomic E-state index is -4.47. The summed E-state index contributed by atoms with van der Waals surface area (Å²) in [5, 5.41) is 0. The number of halogens is 3. The Hall–Kier alpha value is -1.32. The van der Waals surface area contributed by atoms with Crippen LogP contribution in [0.3, 0.4) is 0 Å². The Morgan fingerprint density at radius 2 is 1.87 bits per heavy atom. The Balaban J connectivity index is 3.32. The van der Waals surface area contributed by atoms with E-state index in [1.54, 1.807) is 19.9 Å². The smallest absolute Gasteiger partial charge is 0.298 e. The third kappa shape index (κ3) is 2.58. The van der Waals surface area contributed by atoms with Gasteiger partial charge in [-0.25, -0.2) is 0 Å². The van der Waals surface area contributed by atoms with Crippen molar-refractivity contribution in [2.75, 3.05) is 0 Å². The average molecular weight is 216 g/mol. The molecule has 0 saturated heterocycles. The van der Waals surface area contributed by atoms with E-state index in [2.05, 4.69) is 0 Å². The monoisotopic (exact) mass is 216 g/mol. The van der Waals surface area contributed by atoms with Gasteiger partial charge in [0.25, 0.3) is 0 Å². The molecule has 0 unspecified atom stereocenters. The van der Waals surface area contributed by atoms with E-state index >= 15 is 0 Å². The average Bonchev–Trinajstić information content (AvgIpc) is 2.15. The molecule has 0 aliphatic carbocycles. The summed E-state index contributed by atoms with van der Waals surface area (Å²) in [5.74, 6) is 0.00630. The third-order valence-corrected chi connectivity index (χ3v) is 2.18. The summed E-state index contributed by atoms with van der Waals surface area (Å²) >= 11 is 0. The number of rotatable bonds is 2. The maximum absolute atomic E-state index is 12.5. The lowest BCUT2D eigenvalue weighted by molar-refractivity contribution is -0.137. The molecule has 0 amide bonds. The Labute approximate surface area is 85.9 Å². The van der Waals surface area contributed by atoms with Crippen LogP contribution in [-0.4, -0.2) is 6.29 Å². The lowest BCUT2D eigenvalue weighted by Gasteiger charge is -2.12. The number of carbonyl (C=O) groups is 1. The second-order valence-corrected chi connectivity index (χ2v) is 3.62. The summed E-state index contributed by atoms with van der Waals surface area (Å²) < 4.78 is 37.6. The van der Waals surface area contributed by atoms with E-state index in [-0.39, 0.29) is 17.8 Å². The van der Waals surface area contributed by atoms with Crippen LogP contribution in [-0.2, 0) is 6.18 Å². The molecule has 1 rings (SSSR count). The number of benzene rings is 1. The van der Waals surface area contributed by atoms with Gasteiger partial charge >= 0.3 is 6.18 Å². The van der Waals surface area contributed by atoms with E-state index in [1.165, 1.54) is 6.07 Å². The molecule has 0 saturated carbocycles. The number of alkyl halides is 3. The van der Waals surface area contributed by atoms with Crippen LogP contribution in [0.5, 0.6) is 0 Å². The van der Waals surface area contributed by atoms with Crippen molar-refractivity contribution >= 4 is 6.29 Å². The van der Waals surface area contributed by atoms with Gasteiger partial charge in [-0.05, 0) is 17.5 Å². The molecule has 82 valence electrons. The Morgan fingerprint density at radius 1 is 1.27 bits per heavy atom. The molecule has 0 bridgehead atoms. The highest BCUT2D eigenvalue weighted by Crippen LogP contribution is 2.33. The lowest BCUT2D eigenvalue weighted by atomic mass is 9.97. The van der Waals surface area contributed by atoms with Crippen LogP contribution in [0, 0.1) is 0 Å². The predicted molar refractivity (Wildman–Crippen MR) is 50.9 cm³/mol. The van der Waals surface area contributed by atoms with Crippen molar-refractivity contribution < 1.29 is 18.0 Å². The van der Waals surface area contributed by atoms with Crippen molar-refractivity contribution in [3.63, 3.8) is 0 Å². The first-order valence-electron chi connectivity index (χ1n) is 4.52. The molecule has 1 aromatic rings. The molecule has 0 fully saturated rings. The maximum Gasteiger partial charge on any atom is 0.417 e. The van der Waals surface area contributed by atoms with Gasteiger partial charge in [-0.3, -0.25) is 4.79 Å². The summed E-state index contributed by atoms with van der Waals surface area (Å²) in [6.07, 6.45) is -4.24. The van der Waals surface area contributed by atoms with Gasteiger partial charge in [0.05, 0.1) is 5.56 Å². The van der Waals surface area contributed by atoms with E-state index in [0.717, 1.165) is 6.07 Å². The molecule has 0 aliphatic rings. The van der Waals surface area contributed by atoms with Gasteiger partial charge in [-0.2, -0.15) is 13.2 Å². The summed E-state index contributed by atoms with van der Waals surface area (Å²) in [6.45, 7) is 3.60. The van der Waals surface area contributed by atoms with E-state index in [1.807, 2.05) is 0 Å². The van der Waals surface area contributed by atoms with Gasteiger partial charge < -0.3 is 0 Å². The first-order chi connectivity index (χ1) is 6.86. The van der Waals surface area contributed by atoms with Crippen LogP contribution >= 0.6 is 0 Å². The highest BCUT2D eigenvalue weighted by atomic mass is 19.4. The van der Waals surface area contributed by atoms with E-state index < -0.39 is 11.7 Å². The largest absolute Gasteiger partial charge is 0.417 e. The van der Waals surface area contributed by atoms with Crippen molar-refractivity contribution in [2.45, 2.75) is 25.9 Å². The first kappa shape index (κ1) is 11.8.